The Morgan fingerprint density at radius 2 is 0.675 bits per heavy atom. The van der Waals surface area contributed by atoms with Crippen molar-refractivity contribution in [1.29, 1.82) is 0 Å². The molecule has 0 atom stereocenters. The molecule has 4 heteroatoms. The fraction of sp³-hybridized carbons (Fsp3) is 0.889. The molecule has 0 aromatic carbocycles. The number of rotatable bonds is 32. The van der Waals surface area contributed by atoms with E-state index in [0.29, 0.717) is 12.8 Å². The van der Waals surface area contributed by atoms with Crippen LogP contribution in [0.2, 0.25) is 0 Å². The number of ether oxygens (including phenoxy) is 2. The van der Waals surface area contributed by atoms with Crippen LogP contribution in [0.25, 0.3) is 0 Å². The lowest BCUT2D eigenvalue weighted by Crippen LogP contribution is -2.13. The van der Waals surface area contributed by atoms with Gasteiger partial charge in [-0.15, -0.1) is 0 Å². The molecule has 0 rings (SSSR count). The van der Waals surface area contributed by atoms with Crippen LogP contribution >= 0.6 is 0 Å². The predicted molar refractivity (Wildman–Crippen MR) is 172 cm³/mol. The van der Waals surface area contributed by atoms with E-state index in [1.807, 2.05) is 0 Å². The van der Waals surface area contributed by atoms with Crippen LogP contribution in [0.15, 0.2) is 12.2 Å². The average molecular weight is 565 g/mol. The molecule has 0 aromatic heterocycles. The molecule has 0 amide bonds. The molecule has 0 saturated carbocycles. The van der Waals surface area contributed by atoms with Gasteiger partial charge in [0.05, 0.1) is 0 Å². The highest BCUT2D eigenvalue weighted by Gasteiger charge is 2.06. The second kappa shape index (κ2) is 33.9. The van der Waals surface area contributed by atoms with E-state index in [4.69, 9.17) is 9.47 Å². The fourth-order valence-corrected chi connectivity index (χ4v) is 5.08. The van der Waals surface area contributed by atoms with Gasteiger partial charge in [-0.1, -0.05) is 154 Å². The Kier molecular flexibility index (Phi) is 32.8. The van der Waals surface area contributed by atoms with E-state index < -0.39 is 0 Å². The smallest absolute Gasteiger partial charge is 0.305 e. The summed E-state index contributed by atoms with van der Waals surface area (Å²) in [4.78, 5) is 23.7. The second-order valence-electron chi connectivity index (χ2n) is 11.8. The Morgan fingerprint density at radius 3 is 1.00 bits per heavy atom. The van der Waals surface area contributed by atoms with Crippen molar-refractivity contribution in [1.82, 2.24) is 0 Å². The van der Waals surface area contributed by atoms with E-state index >= 15 is 0 Å². The van der Waals surface area contributed by atoms with Crippen LogP contribution in [-0.4, -0.2) is 25.2 Å². The first-order valence-corrected chi connectivity index (χ1v) is 17.7. The van der Waals surface area contributed by atoms with Gasteiger partial charge in [0.2, 0.25) is 0 Å². The van der Waals surface area contributed by atoms with Gasteiger partial charge in [-0.25, -0.2) is 0 Å². The lowest BCUT2D eigenvalue weighted by Gasteiger charge is -2.07. The molecule has 0 bridgehead atoms. The Hall–Kier alpha value is -1.32. The average Bonchev–Trinajstić information content (AvgIpc) is 2.95. The molecule has 0 aromatic rings. The van der Waals surface area contributed by atoms with Crippen LogP contribution < -0.4 is 0 Å². The van der Waals surface area contributed by atoms with Crippen LogP contribution in [0.4, 0.5) is 0 Å². The predicted octanol–water partition coefficient (Wildman–Crippen LogP) is 11.6. The first-order chi connectivity index (χ1) is 19.7. The van der Waals surface area contributed by atoms with Gasteiger partial charge in [-0.05, 0) is 38.5 Å². The quantitative estimate of drug-likeness (QED) is 0.0463. The third-order valence-corrected chi connectivity index (χ3v) is 7.74. The number of hydrogen-bond acceptors (Lipinski definition) is 4. The number of carbonyl (C=O) groups excluding carboxylic acids is 2. The zero-order valence-corrected chi connectivity index (χ0v) is 27.0. The molecule has 0 aliphatic heterocycles. The SMILES string of the molecule is CCCCCCCC/C=C/CCCCCCCC(=O)OCCOC(=O)CCCCCCCCCCCCCCC. The van der Waals surface area contributed by atoms with Gasteiger partial charge in [0, 0.05) is 12.8 Å². The first kappa shape index (κ1) is 38.7. The summed E-state index contributed by atoms with van der Waals surface area (Å²) in [5, 5.41) is 0. The first-order valence-electron chi connectivity index (χ1n) is 17.7. The fourth-order valence-electron chi connectivity index (χ4n) is 5.08. The van der Waals surface area contributed by atoms with Gasteiger partial charge in [0.1, 0.15) is 13.2 Å². The van der Waals surface area contributed by atoms with E-state index in [1.165, 1.54) is 141 Å². The third-order valence-electron chi connectivity index (χ3n) is 7.74. The van der Waals surface area contributed by atoms with Crippen LogP contribution in [0.1, 0.15) is 194 Å². The molecule has 0 unspecified atom stereocenters. The lowest BCUT2D eigenvalue weighted by atomic mass is 10.0. The van der Waals surface area contributed by atoms with Crippen LogP contribution in [0.5, 0.6) is 0 Å². The summed E-state index contributed by atoms with van der Waals surface area (Å²) in [5.74, 6) is -0.346. The number of esters is 2. The molecule has 0 N–H and O–H groups in total. The van der Waals surface area contributed by atoms with Gasteiger partial charge in [0.25, 0.3) is 0 Å². The molecule has 0 heterocycles. The summed E-state index contributed by atoms with van der Waals surface area (Å²) in [6.45, 7) is 4.88. The van der Waals surface area contributed by atoms with Crippen molar-refractivity contribution in [3.8, 4) is 0 Å². The number of unbranched alkanes of at least 4 members (excludes halogenated alkanes) is 23. The van der Waals surface area contributed by atoms with Crippen LogP contribution in [-0.2, 0) is 19.1 Å². The van der Waals surface area contributed by atoms with Gasteiger partial charge in [-0.2, -0.15) is 0 Å². The molecular weight excluding hydrogens is 496 g/mol. The van der Waals surface area contributed by atoms with E-state index in [1.54, 1.807) is 0 Å². The summed E-state index contributed by atoms with van der Waals surface area (Å²) >= 11 is 0. The van der Waals surface area contributed by atoms with Gasteiger partial charge >= 0.3 is 11.9 Å². The highest BCUT2D eigenvalue weighted by molar-refractivity contribution is 5.70. The number of carbonyl (C=O) groups is 2. The number of allylic oxidation sites excluding steroid dienone is 2. The van der Waals surface area contributed by atoms with Gasteiger partial charge in [0.15, 0.2) is 0 Å². The highest BCUT2D eigenvalue weighted by atomic mass is 16.6. The molecule has 40 heavy (non-hydrogen) atoms. The minimum atomic E-state index is -0.176. The molecule has 0 aliphatic rings. The molecule has 0 radical (unpaired) electrons. The summed E-state index contributed by atoms with van der Waals surface area (Å²) in [6.07, 6.45) is 38.7. The molecule has 0 spiro atoms. The molecular formula is C36H68O4. The Morgan fingerprint density at radius 1 is 0.400 bits per heavy atom. The minimum absolute atomic E-state index is 0.170. The number of hydrogen-bond donors (Lipinski definition) is 0. The van der Waals surface area contributed by atoms with E-state index in [9.17, 15) is 9.59 Å². The summed E-state index contributed by atoms with van der Waals surface area (Å²) in [6, 6.07) is 0. The lowest BCUT2D eigenvalue weighted by molar-refractivity contribution is -0.152. The van der Waals surface area contributed by atoms with Crippen molar-refractivity contribution in [2.75, 3.05) is 13.2 Å². The van der Waals surface area contributed by atoms with Crippen LogP contribution in [0, 0.1) is 0 Å². The van der Waals surface area contributed by atoms with Crippen LogP contribution in [0.3, 0.4) is 0 Å². The molecule has 4 nitrogen and oxygen atoms in total. The Labute approximate surface area is 249 Å². The second-order valence-corrected chi connectivity index (χ2v) is 11.8. The van der Waals surface area contributed by atoms with Crippen molar-refractivity contribution in [2.45, 2.75) is 194 Å². The Balaban J connectivity index is 3.31. The van der Waals surface area contributed by atoms with Crippen molar-refractivity contribution < 1.29 is 19.1 Å². The Bertz CT molecular complexity index is 557. The summed E-state index contributed by atoms with van der Waals surface area (Å²) in [7, 11) is 0. The zero-order valence-electron chi connectivity index (χ0n) is 27.0. The molecule has 0 fully saturated rings. The largest absolute Gasteiger partial charge is 0.462 e. The maximum Gasteiger partial charge on any atom is 0.305 e. The van der Waals surface area contributed by atoms with Crippen molar-refractivity contribution in [2.24, 2.45) is 0 Å². The maximum atomic E-state index is 11.9. The molecule has 236 valence electrons. The standard InChI is InChI=1S/C36H68O4/c1-3-5-7-9-11-13-15-17-18-20-22-24-26-28-30-32-36(38)40-34-33-39-35(37)31-29-27-25-23-21-19-16-14-12-10-8-6-4-2/h17-18H,3-16,19-34H2,1-2H3/b18-17+. The van der Waals surface area contributed by atoms with Crippen molar-refractivity contribution in [3.63, 3.8) is 0 Å². The van der Waals surface area contributed by atoms with E-state index in [0.717, 1.165) is 25.7 Å². The summed E-state index contributed by atoms with van der Waals surface area (Å²) < 4.78 is 10.4. The van der Waals surface area contributed by atoms with Gasteiger partial charge < -0.3 is 9.47 Å². The van der Waals surface area contributed by atoms with Gasteiger partial charge in [-0.3, -0.25) is 9.59 Å². The molecule has 0 saturated heterocycles. The monoisotopic (exact) mass is 565 g/mol. The van der Waals surface area contributed by atoms with Crippen molar-refractivity contribution >= 4 is 11.9 Å². The van der Waals surface area contributed by atoms with E-state index in [2.05, 4.69) is 26.0 Å². The highest BCUT2D eigenvalue weighted by Crippen LogP contribution is 2.13. The van der Waals surface area contributed by atoms with Crippen molar-refractivity contribution in [3.05, 3.63) is 12.2 Å². The van der Waals surface area contributed by atoms with E-state index in [-0.39, 0.29) is 25.2 Å². The zero-order chi connectivity index (χ0) is 29.2. The minimum Gasteiger partial charge on any atom is -0.462 e. The normalized spacial score (nSPS) is 11.3. The topological polar surface area (TPSA) is 52.6 Å². The third kappa shape index (κ3) is 32.9. The summed E-state index contributed by atoms with van der Waals surface area (Å²) in [5.41, 5.74) is 0. The maximum absolute atomic E-state index is 11.9. The molecule has 0 aliphatic carbocycles.